The minimum absolute atomic E-state index is 0. The van der Waals surface area contributed by atoms with Gasteiger partial charge in [0.25, 0.3) is 0 Å². The van der Waals surface area contributed by atoms with Crippen LogP contribution in [0.5, 0.6) is 5.75 Å². The average Bonchev–Trinajstić information content (AvgIpc) is 2.51. The molecule has 10 heteroatoms. The standard InChI is InChI=1S/C17H23N2O.6FH.Sb/c1-4-19(5-2)16-10-12-18(13-11-16)14-15-6-8-17(20-3)9-7-15;;;;;;;/h6-13H,4-5,14H2,1-3H3;6*1H;/q+1;;;;;;;+3/p-6. The molecule has 2 aromatic rings. The van der Waals surface area contributed by atoms with Crippen LogP contribution in [0.3, 0.4) is 0 Å². The fourth-order valence-corrected chi connectivity index (χ4v) is 2.30. The van der Waals surface area contributed by atoms with Gasteiger partial charge in [-0.2, -0.15) is 0 Å². The number of pyridine rings is 1. The summed E-state index contributed by atoms with van der Waals surface area (Å²) in [6.07, 6.45) is 4.27. The molecule has 0 unspecified atom stereocenters. The van der Waals surface area contributed by atoms with E-state index < -0.39 is 0 Å². The molecule has 2 rings (SSSR count). The molecule has 1 heterocycles. The van der Waals surface area contributed by atoms with Gasteiger partial charge in [0, 0.05) is 36.5 Å². The molecule has 0 saturated heterocycles. The maximum atomic E-state index is 5.17. The van der Waals surface area contributed by atoms with Crippen molar-refractivity contribution in [3.05, 3.63) is 54.4 Å². The van der Waals surface area contributed by atoms with Crippen LogP contribution in [-0.4, -0.2) is 44.6 Å². The first-order chi connectivity index (χ1) is 9.76. The first kappa shape index (κ1) is 40.2. The fraction of sp³-hybridized carbons (Fsp3) is 0.353. The van der Waals surface area contributed by atoms with Crippen molar-refractivity contribution in [3.8, 4) is 5.75 Å². The Morgan fingerprint density at radius 3 is 1.59 bits per heavy atom. The summed E-state index contributed by atoms with van der Waals surface area (Å²) in [6.45, 7) is 7.32. The van der Waals surface area contributed by atoms with E-state index in [0.717, 1.165) is 25.4 Å². The summed E-state index contributed by atoms with van der Waals surface area (Å²) >= 11 is 0. The Bertz CT molecular complexity index is 542. The van der Waals surface area contributed by atoms with Gasteiger partial charge < -0.3 is 37.9 Å². The Labute approximate surface area is 173 Å². The van der Waals surface area contributed by atoms with Gasteiger partial charge in [0.05, 0.1) is 7.11 Å². The van der Waals surface area contributed by atoms with E-state index in [1.807, 2.05) is 12.1 Å². The summed E-state index contributed by atoms with van der Waals surface area (Å²) in [4.78, 5) is 2.34. The topological polar surface area (TPSA) is 16.4 Å². The number of ether oxygens (including phenoxy) is 1. The second-order valence-corrected chi connectivity index (χ2v) is 4.75. The van der Waals surface area contributed by atoms with Crippen molar-refractivity contribution in [3.63, 3.8) is 0 Å². The summed E-state index contributed by atoms with van der Waals surface area (Å²) < 4.78 is 7.36. The van der Waals surface area contributed by atoms with Gasteiger partial charge in [0.15, 0.2) is 18.9 Å². The molecule has 27 heavy (non-hydrogen) atoms. The number of hydrogen-bond acceptors (Lipinski definition) is 2. The summed E-state index contributed by atoms with van der Waals surface area (Å²) in [5.74, 6) is 0.899. The third-order valence-electron chi connectivity index (χ3n) is 3.53. The maximum absolute atomic E-state index is 5.17. The zero-order chi connectivity index (χ0) is 14.4. The summed E-state index contributed by atoms with van der Waals surface area (Å²) in [7, 11) is 1.69. The van der Waals surface area contributed by atoms with E-state index in [1.54, 1.807) is 7.11 Å². The molecule has 156 valence electrons. The van der Waals surface area contributed by atoms with Crippen molar-refractivity contribution >= 4 is 30.1 Å². The van der Waals surface area contributed by atoms with Crippen LogP contribution >= 0.6 is 0 Å². The third kappa shape index (κ3) is 11.6. The van der Waals surface area contributed by atoms with E-state index in [1.165, 1.54) is 11.3 Å². The molecular weight excluding hydrogens is 484 g/mol. The van der Waals surface area contributed by atoms with Gasteiger partial charge >= 0.3 is 24.4 Å². The second-order valence-electron chi connectivity index (χ2n) is 4.75. The van der Waals surface area contributed by atoms with Crippen LogP contribution in [0.2, 0.25) is 0 Å². The van der Waals surface area contributed by atoms with Crippen molar-refractivity contribution < 1.29 is 37.5 Å². The quantitative estimate of drug-likeness (QED) is 0.220. The van der Waals surface area contributed by atoms with E-state index in [9.17, 15) is 0 Å². The van der Waals surface area contributed by atoms with Crippen LogP contribution in [0.25, 0.3) is 0 Å². The van der Waals surface area contributed by atoms with Gasteiger partial charge in [-0.3, -0.25) is 0 Å². The number of hydrogen-bond donors (Lipinski definition) is 0. The van der Waals surface area contributed by atoms with E-state index in [2.05, 4.69) is 60.0 Å². The number of rotatable bonds is 6. The summed E-state index contributed by atoms with van der Waals surface area (Å²) in [5.41, 5.74) is 2.55. The fourth-order valence-electron chi connectivity index (χ4n) is 2.30. The molecule has 0 amide bonds. The maximum Gasteiger partial charge on any atom is 3.00 e. The van der Waals surface area contributed by atoms with Gasteiger partial charge in [-0.15, -0.1) is 0 Å². The van der Waals surface area contributed by atoms with Crippen LogP contribution in [0, 0.1) is 0 Å². The zero-order valence-electron chi connectivity index (χ0n) is 15.3. The Hall–Kier alpha value is -1.63. The van der Waals surface area contributed by atoms with Crippen LogP contribution in [-0.2, 0) is 6.54 Å². The number of anilines is 1. The van der Waals surface area contributed by atoms with Crippen LogP contribution in [0.4, 0.5) is 5.69 Å². The Balaban J connectivity index is -0.000000157. The van der Waals surface area contributed by atoms with E-state index >= 15 is 0 Å². The largest absolute Gasteiger partial charge is 3.00 e. The molecule has 3 nitrogen and oxygen atoms in total. The molecule has 0 aliphatic heterocycles. The van der Waals surface area contributed by atoms with Crippen molar-refractivity contribution in [1.29, 1.82) is 0 Å². The molecule has 0 aliphatic rings. The van der Waals surface area contributed by atoms with Gasteiger partial charge in [0.1, 0.15) is 5.75 Å². The molecule has 1 aromatic heterocycles. The number of aromatic nitrogens is 1. The van der Waals surface area contributed by atoms with Gasteiger partial charge in [-0.05, 0) is 38.1 Å². The Kier molecular flexibility index (Phi) is 30.8. The normalized spacial score (nSPS) is 7.67. The molecule has 2 radical (unpaired) electrons. The molecule has 0 N–H and O–H groups in total. The monoisotopic (exact) mass is 506 g/mol. The predicted octanol–water partition coefficient (Wildman–Crippen LogP) is -15.5. The number of benzene rings is 1. The van der Waals surface area contributed by atoms with Gasteiger partial charge in [0.2, 0.25) is 0 Å². The first-order valence-electron chi connectivity index (χ1n) is 7.13. The van der Waals surface area contributed by atoms with Gasteiger partial charge in [-0.1, -0.05) is 0 Å². The molecule has 0 aliphatic carbocycles. The van der Waals surface area contributed by atoms with Crippen LogP contribution < -0.4 is 42.4 Å². The Morgan fingerprint density at radius 1 is 0.778 bits per heavy atom. The molecule has 0 spiro atoms. The minimum Gasteiger partial charge on any atom is -1.00 e. The molecule has 0 bridgehead atoms. The van der Waals surface area contributed by atoms with Gasteiger partial charge in [-0.25, -0.2) is 4.57 Å². The smallest absolute Gasteiger partial charge is 1.00 e. The Morgan fingerprint density at radius 2 is 1.22 bits per heavy atom. The SMILES string of the molecule is CCN(CC)c1cc[n+](Cc2ccc(OC)cc2)cc1.[F-].[F-].[F-].[F-].[F-].[F-].[Sb+3]. The third-order valence-corrected chi connectivity index (χ3v) is 3.53. The number of nitrogens with zero attached hydrogens (tertiary/aromatic N) is 2. The predicted molar refractivity (Wildman–Crippen MR) is 88.0 cm³/mol. The molecule has 1 aromatic carbocycles. The average molecular weight is 507 g/mol. The van der Waals surface area contributed by atoms with E-state index in [4.69, 9.17) is 4.74 Å². The van der Waals surface area contributed by atoms with Crippen molar-refractivity contribution in [2.45, 2.75) is 20.4 Å². The number of methoxy groups -OCH3 is 1. The number of halogens is 6. The second kappa shape index (κ2) is 20.7. The van der Waals surface area contributed by atoms with Crippen LogP contribution in [0.1, 0.15) is 19.4 Å². The minimum atomic E-state index is 0. The molecular formula is C17H23F6N2OSb-2. The van der Waals surface area contributed by atoms with E-state index in [-0.39, 0.29) is 52.7 Å². The van der Waals surface area contributed by atoms with Crippen molar-refractivity contribution in [2.24, 2.45) is 0 Å². The summed E-state index contributed by atoms with van der Waals surface area (Å²) in [6, 6.07) is 12.6. The first-order valence-corrected chi connectivity index (χ1v) is 7.13. The van der Waals surface area contributed by atoms with E-state index in [0.29, 0.717) is 0 Å². The van der Waals surface area contributed by atoms with Crippen molar-refractivity contribution in [2.75, 3.05) is 25.1 Å². The van der Waals surface area contributed by atoms with Crippen LogP contribution in [0.15, 0.2) is 48.8 Å². The molecule has 0 saturated carbocycles. The summed E-state index contributed by atoms with van der Waals surface area (Å²) in [5, 5.41) is 0. The molecule has 0 fully saturated rings. The zero-order valence-corrected chi connectivity index (χ0v) is 17.8. The molecule has 0 atom stereocenters. The van der Waals surface area contributed by atoms with Crippen molar-refractivity contribution in [1.82, 2.24) is 0 Å².